The summed E-state index contributed by atoms with van der Waals surface area (Å²) in [5, 5.41) is 15.1. The summed E-state index contributed by atoms with van der Waals surface area (Å²) in [7, 11) is 0. The molecule has 6 nitrogen and oxygen atoms in total. The van der Waals surface area contributed by atoms with Crippen LogP contribution < -0.4 is 10.6 Å². The molecule has 0 saturated carbocycles. The maximum Gasteiger partial charge on any atom is 0.313 e. The van der Waals surface area contributed by atoms with Gasteiger partial charge in [0.2, 0.25) is 0 Å². The largest absolute Gasteiger partial charge is 0.463 e. The van der Waals surface area contributed by atoms with Crippen molar-refractivity contribution in [3.8, 4) is 12.3 Å². The second-order valence-electron chi connectivity index (χ2n) is 5.55. The lowest BCUT2D eigenvalue weighted by atomic mass is 10.0. The van der Waals surface area contributed by atoms with E-state index in [4.69, 9.17) is 10.8 Å². The van der Waals surface area contributed by atoms with Gasteiger partial charge in [0.25, 0.3) is 0 Å². The van der Waals surface area contributed by atoms with Crippen LogP contribution in [0.25, 0.3) is 0 Å². The SMILES string of the molecule is C#Cc1cccc(NC(=O)C(=O)NCC(C)(O)c2ccc(C)o2)c1. The van der Waals surface area contributed by atoms with Gasteiger partial charge in [-0.25, -0.2) is 0 Å². The minimum Gasteiger partial charge on any atom is -0.463 e. The molecule has 0 aliphatic rings. The molecule has 2 aromatic rings. The smallest absolute Gasteiger partial charge is 0.313 e. The van der Waals surface area contributed by atoms with E-state index in [-0.39, 0.29) is 6.54 Å². The molecular formula is C18H18N2O4. The molecule has 1 aromatic carbocycles. The van der Waals surface area contributed by atoms with E-state index in [2.05, 4.69) is 16.6 Å². The lowest BCUT2D eigenvalue weighted by molar-refractivity contribution is -0.136. The highest BCUT2D eigenvalue weighted by molar-refractivity contribution is 6.39. The number of anilines is 1. The number of carbonyl (C=O) groups excluding carboxylic acids is 2. The summed E-state index contributed by atoms with van der Waals surface area (Å²) in [6, 6.07) is 9.90. The number of furan rings is 1. The molecule has 3 N–H and O–H groups in total. The maximum atomic E-state index is 11.9. The Labute approximate surface area is 139 Å². The molecule has 0 aliphatic heterocycles. The summed E-state index contributed by atoms with van der Waals surface area (Å²) in [5.41, 5.74) is -0.420. The van der Waals surface area contributed by atoms with Gasteiger partial charge in [-0.15, -0.1) is 6.42 Å². The highest BCUT2D eigenvalue weighted by Crippen LogP contribution is 2.21. The molecule has 2 amide bonds. The van der Waals surface area contributed by atoms with Crippen molar-refractivity contribution in [3.05, 3.63) is 53.5 Å². The number of amides is 2. The van der Waals surface area contributed by atoms with Crippen molar-refractivity contribution in [2.24, 2.45) is 0 Å². The minimum absolute atomic E-state index is 0.170. The molecule has 1 heterocycles. The van der Waals surface area contributed by atoms with E-state index in [1.54, 1.807) is 43.3 Å². The Morgan fingerprint density at radius 1 is 1.29 bits per heavy atom. The first-order valence-corrected chi connectivity index (χ1v) is 7.27. The van der Waals surface area contributed by atoms with Gasteiger partial charge in [-0.3, -0.25) is 9.59 Å². The molecule has 0 fully saturated rings. The van der Waals surface area contributed by atoms with Gasteiger partial charge in [0, 0.05) is 11.3 Å². The van der Waals surface area contributed by atoms with Gasteiger partial charge < -0.3 is 20.2 Å². The van der Waals surface area contributed by atoms with E-state index in [0.717, 1.165) is 0 Å². The van der Waals surface area contributed by atoms with Gasteiger partial charge in [0.15, 0.2) is 0 Å². The molecule has 1 atom stereocenters. The standard InChI is InChI=1S/C18H18N2O4/c1-4-13-6-5-7-14(10-13)20-17(22)16(21)19-11-18(3,23)15-9-8-12(2)24-15/h1,5-10,23H,11H2,2-3H3,(H,19,21)(H,20,22). The molecule has 0 saturated heterocycles. The number of carbonyl (C=O) groups is 2. The number of terminal acetylenes is 1. The molecule has 24 heavy (non-hydrogen) atoms. The number of aryl methyl sites for hydroxylation is 1. The van der Waals surface area contributed by atoms with Crippen LogP contribution >= 0.6 is 0 Å². The molecule has 2 rings (SSSR count). The van der Waals surface area contributed by atoms with Gasteiger partial charge >= 0.3 is 11.8 Å². The van der Waals surface area contributed by atoms with Crippen molar-refractivity contribution >= 4 is 17.5 Å². The van der Waals surface area contributed by atoms with E-state index in [1.165, 1.54) is 6.92 Å². The Kier molecular flexibility index (Phi) is 5.07. The van der Waals surface area contributed by atoms with Crippen LogP contribution in [-0.4, -0.2) is 23.5 Å². The molecular weight excluding hydrogens is 308 g/mol. The fourth-order valence-corrected chi connectivity index (χ4v) is 2.02. The first-order chi connectivity index (χ1) is 11.3. The molecule has 0 spiro atoms. The monoisotopic (exact) mass is 326 g/mol. The number of benzene rings is 1. The van der Waals surface area contributed by atoms with Crippen molar-refractivity contribution in [1.29, 1.82) is 0 Å². The minimum atomic E-state index is -1.42. The van der Waals surface area contributed by atoms with Crippen LogP contribution in [0.3, 0.4) is 0 Å². The fraction of sp³-hybridized carbons (Fsp3) is 0.222. The highest BCUT2D eigenvalue weighted by Gasteiger charge is 2.28. The molecule has 6 heteroatoms. The lowest BCUT2D eigenvalue weighted by Crippen LogP contribution is -2.43. The van der Waals surface area contributed by atoms with Gasteiger partial charge in [0.1, 0.15) is 17.1 Å². The Morgan fingerprint density at radius 3 is 2.67 bits per heavy atom. The number of hydrogen-bond acceptors (Lipinski definition) is 4. The van der Waals surface area contributed by atoms with Crippen LogP contribution in [0.15, 0.2) is 40.8 Å². The number of rotatable bonds is 4. The summed E-state index contributed by atoms with van der Waals surface area (Å²) in [6.45, 7) is 3.06. The third kappa shape index (κ3) is 4.24. The fourth-order valence-electron chi connectivity index (χ4n) is 2.02. The second-order valence-corrected chi connectivity index (χ2v) is 5.55. The van der Waals surface area contributed by atoms with Gasteiger partial charge in [0.05, 0.1) is 6.54 Å². The van der Waals surface area contributed by atoms with Crippen molar-refractivity contribution in [3.63, 3.8) is 0 Å². The quantitative estimate of drug-likeness (QED) is 0.587. The molecule has 0 aliphatic carbocycles. The number of nitrogens with one attached hydrogen (secondary N) is 2. The van der Waals surface area contributed by atoms with Crippen LogP contribution in [-0.2, 0) is 15.2 Å². The molecule has 0 radical (unpaired) electrons. The zero-order chi connectivity index (χ0) is 17.7. The Hall–Kier alpha value is -3.04. The first-order valence-electron chi connectivity index (χ1n) is 7.27. The van der Waals surface area contributed by atoms with E-state index < -0.39 is 17.4 Å². The predicted octanol–water partition coefficient (Wildman–Crippen LogP) is 1.53. The van der Waals surface area contributed by atoms with Crippen molar-refractivity contribution in [1.82, 2.24) is 5.32 Å². The zero-order valence-corrected chi connectivity index (χ0v) is 13.4. The predicted molar refractivity (Wildman–Crippen MR) is 89.0 cm³/mol. The van der Waals surface area contributed by atoms with Crippen molar-refractivity contribution < 1.29 is 19.1 Å². The van der Waals surface area contributed by atoms with Crippen LogP contribution in [0.2, 0.25) is 0 Å². The molecule has 1 unspecified atom stereocenters. The average molecular weight is 326 g/mol. The van der Waals surface area contributed by atoms with Gasteiger partial charge in [-0.2, -0.15) is 0 Å². The lowest BCUT2D eigenvalue weighted by Gasteiger charge is -2.21. The van der Waals surface area contributed by atoms with Crippen LogP contribution in [0, 0.1) is 19.3 Å². The Morgan fingerprint density at radius 2 is 2.04 bits per heavy atom. The topological polar surface area (TPSA) is 91.6 Å². The molecule has 0 bridgehead atoms. The summed E-state index contributed by atoms with van der Waals surface area (Å²) in [5.74, 6) is 1.67. The summed E-state index contributed by atoms with van der Waals surface area (Å²) < 4.78 is 5.34. The average Bonchev–Trinajstić information content (AvgIpc) is 3.00. The highest BCUT2D eigenvalue weighted by atomic mass is 16.4. The normalized spacial score (nSPS) is 12.8. The van der Waals surface area contributed by atoms with Crippen molar-refractivity contribution in [2.45, 2.75) is 19.4 Å². The number of hydrogen-bond donors (Lipinski definition) is 3. The molecule has 124 valence electrons. The van der Waals surface area contributed by atoms with Crippen LogP contribution in [0.4, 0.5) is 5.69 Å². The van der Waals surface area contributed by atoms with E-state index in [1.807, 2.05) is 0 Å². The molecule has 1 aromatic heterocycles. The van der Waals surface area contributed by atoms with Gasteiger partial charge in [-0.05, 0) is 44.2 Å². The Bertz CT molecular complexity index is 799. The summed E-state index contributed by atoms with van der Waals surface area (Å²) >= 11 is 0. The maximum absolute atomic E-state index is 11.9. The van der Waals surface area contributed by atoms with Crippen LogP contribution in [0.1, 0.15) is 24.0 Å². The second kappa shape index (κ2) is 7.02. The summed E-state index contributed by atoms with van der Waals surface area (Å²) in [4.78, 5) is 23.8. The van der Waals surface area contributed by atoms with E-state index in [9.17, 15) is 14.7 Å². The zero-order valence-electron chi connectivity index (χ0n) is 13.4. The Balaban J connectivity index is 1.94. The third-order valence-corrected chi connectivity index (χ3v) is 3.36. The van der Waals surface area contributed by atoms with Crippen molar-refractivity contribution in [2.75, 3.05) is 11.9 Å². The first kappa shape index (κ1) is 17.3. The van der Waals surface area contributed by atoms with Crippen LogP contribution in [0.5, 0.6) is 0 Å². The van der Waals surface area contributed by atoms with E-state index in [0.29, 0.717) is 22.8 Å². The number of aliphatic hydroxyl groups is 1. The van der Waals surface area contributed by atoms with E-state index >= 15 is 0 Å². The third-order valence-electron chi connectivity index (χ3n) is 3.36. The summed E-state index contributed by atoms with van der Waals surface area (Å²) in [6.07, 6.45) is 5.28. The van der Waals surface area contributed by atoms with Gasteiger partial charge in [-0.1, -0.05) is 12.0 Å².